The Kier molecular flexibility index (Phi) is 3.71. The van der Waals surface area contributed by atoms with Crippen molar-refractivity contribution in [2.45, 2.75) is 12.0 Å². The van der Waals surface area contributed by atoms with Gasteiger partial charge in [-0.15, -0.1) is 0 Å². The van der Waals surface area contributed by atoms with Crippen LogP contribution >= 0.6 is 0 Å². The first-order chi connectivity index (χ1) is 9.09. The number of benzene rings is 1. The molecule has 4 nitrogen and oxygen atoms in total. The first-order valence-electron chi connectivity index (χ1n) is 5.94. The molecule has 1 unspecified atom stereocenters. The van der Waals surface area contributed by atoms with Crippen molar-refractivity contribution in [2.75, 3.05) is 14.2 Å². The Bertz CT molecular complexity index is 528. The highest BCUT2D eigenvalue weighted by Crippen LogP contribution is 2.26. The summed E-state index contributed by atoms with van der Waals surface area (Å²) in [5, 5.41) is 10.4. The number of hydrogen-bond donors (Lipinski definition) is 1. The van der Waals surface area contributed by atoms with E-state index in [-0.39, 0.29) is 12.2 Å². The number of carbonyl (C=O) groups excluding carboxylic acids is 1. The zero-order valence-corrected chi connectivity index (χ0v) is 10.9. The molecule has 0 fully saturated rings. The third kappa shape index (κ3) is 2.69. The van der Waals surface area contributed by atoms with Crippen molar-refractivity contribution in [3.63, 3.8) is 0 Å². The number of methoxy groups -OCH3 is 2. The van der Waals surface area contributed by atoms with E-state index in [0.717, 1.165) is 0 Å². The second-order valence-corrected chi connectivity index (χ2v) is 4.33. The summed E-state index contributed by atoms with van der Waals surface area (Å²) in [6.45, 7) is 0. The molecule has 0 bridgehead atoms. The molecule has 1 atom stereocenters. The van der Waals surface area contributed by atoms with Gasteiger partial charge in [-0.3, -0.25) is 4.79 Å². The second-order valence-electron chi connectivity index (χ2n) is 4.33. The minimum absolute atomic E-state index is 0.206. The van der Waals surface area contributed by atoms with E-state index in [1.807, 2.05) is 0 Å². The van der Waals surface area contributed by atoms with Crippen molar-refractivity contribution < 1.29 is 19.4 Å². The van der Waals surface area contributed by atoms with Gasteiger partial charge in [-0.25, -0.2) is 0 Å². The smallest absolute Gasteiger partial charge is 0.198 e. The maximum atomic E-state index is 12.3. The van der Waals surface area contributed by atoms with Gasteiger partial charge in [-0.1, -0.05) is 0 Å². The molecule has 0 radical (unpaired) electrons. The van der Waals surface area contributed by atoms with Crippen molar-refractivity contribution in [2.24, 2.45) is 0 Å². The van der Waals surface area contributed by atoms with Crippen LogP contribution in [0.25, 0.3) is 0 Å². The summed E-state index contributed by atoms with van der Waals surface area (Å²) in [6.07, 6.45) is 4.97. The Morgan fingerprint density at radius 2 is 1.89 bits per heavy atom. The van der Waals surface area contributed by atoms with Crippen LogP contribution in [0.15, 0.2) is 48.3 Å². The molecule has 0 heterocycles. The summed E-state index contributed by atoms with van der Waals surface area (Å²) in [7, 11) is 3.11. The maximum Gasteiger partial charge on any atom is 0.198 e. The first-order valence-corrected chi connectivity index (χ1v) is 5.94. The average Bonchev–Trinajstić information content (AvgIpc) is 2.47. The summed E-state index contributed by atoms with van der Waals surface area (Å²) in [6, 6.07) is 6.67. The minimum atomic E-state index is -1.50. The standard InChI is InChI=1S/C15H16O4/c1-18-12-5-3-11(4-6-12)14(16)15(17)9-7-13(19-2)8-10-15/h3-9,17H,10H2,1-2H3. The summed E-state index contributed by atoms with van der Waals surface area (Å²) < 4.78 is 10.1. The van der Waals surface area contributed by atoms with E-state index in [1.165, 1.54) is 6.08 Å². The van der Waals surface area contributed by atoms with E-state index < -0.39 is 5.60 Å². The van der Waals surface area contributed by atoms with Crippen LogP contribution in [0.1, 0.15) is 16.8 Å². The van der Waals surface area contributed by atoms with Gasteiger partial charge in [-0.05, 0) is 42.5 Å². The average molecular weight is 260 g/mol. The number of allylic oxidation sites excluding steroid dienone is 1. The van der Waals surface area contributed by atoms with Crippen LogP contribution < -0.4 is 4.74 Å². The van der Waals surface area contributed by atoms with Gasteiger partial charge in [0, 0.05) is 12.0 Å². The molecular weight excluding hydrogens is 244 g/mol. The highest BCUT2D eigenvalue weighted by Gasteiger charge is 2.34. The van der Waals surface area contributed by atoms with Gasteiger partial charge in [0.15, 0.2) is 5.78 Å². The van der Waals surface area contributed by atoms with Crippen LogP contribution in [0, 0.1) is 0 Å². The van der Waals surface area contributed by atoms with Crippen LogP contribution in [0.2, 0.25) is 0 Å². The van der Waals surface area contributed by atoms with E-state index >= 15 is 0 Å². The number of ketones is 1. The van der Waals surface area contributed by atoms with E-state index in [2.05, 4.69) is 0 Å². The number of rotatable bonds is 4. The molecule has 4 heteroatoms. The molecule has 1 aliphatic rings. The maximum absolute atomic E-state index is 12.3. The van der Waals surface area contributed by atoms with E-state index in [0.29, 0.717) is 17.1 Å². The molecule has 0 aliphatic heterocycles. The minimum Gasteiger partial charge on any atom is -0.497 e. The van der Waals surface area contributed by atoms with Gasteiger partial charge in [0.05, 0.1) is 14.2 Å². The third-order valence-electron chi connectivity index (χ3n) is 3.12. The number of aliphatic hydroxyl groups is 1. The van der Waals surface area contributed by atoms with Gasteiger partial charge in [0.2, 0.25) is 0 Å². The monoisotopic (exact) mass is 260 g/mol. The van der Waals surface area contributed by atoms with Crippen molar-refractivity contribution in [1.29, 1.82) is 0 Å². The predicted octanol–water partition coefficient (Wildman–Crippen LogP) is 2.10. The van der Waals surface area contributed by atoms with Gasteiger partial charge >= 0.3 is 0 Å². The molecule has 1 aliphatic carbocycles. The van der Waals surface area contributed by atoms with Gasteiger partial charge in [-0.2, -0.15) is 0 Å². The summed E-state index contributed by atoms with van der Waals surface area (Å²) in [5.74, 6) is 0.981. The Labute approximate surface area is 112 Å². The highest BCUT2D eigenvalue weighted by molar-refractivity contribution is 6.04. The van der Waals surface area contributed by atoms with Gasteiger partial charge in [0.1, 0.15) is 17.1 Å². The van der Waals surface area contributed by atoms with E-state index in [1.54, 1.807) is 50.6 Å². The number of Topliss-reactive ketones (excluding diaryl/α,β-unsaturated/α-hetero) is 1. The fourth-order valence-corrected chi connectivity index (χ4v) is 1.92. The second kappa shape index (κ2) is 5.28. The summed E-state index contributed by atoms with van der Waals surface area (Å²) in [5.41, 5.74) is -1.06. The van der Waals surface area contributed by atoms with E-state index in [9.17, 15) is 9.90 Å². The Morgan fingerprint density at radius 3 is 2.37 bits per heavy atom. The molecule has 0 saturated carbocycles. The molecule has 100 valence electrons. The Balaban J connectivity index is 2.20. The fraction of sp³-hybridized carbons (Fsp3) is 0.267. The van der Waals surface area contributed by atoms with Crippen LogP contribution in [-0.2, 0) is 4.74 Å². The molecule has 1 aromatic carbocycles. The molecule has 0 aromatic heterocycles. The Hall–Kier alpha value is -2.07. The molecule has 0 amide bonds. The number of carbonyl (C=O) groups is 1. The predicted molar refractivity (Wildman–Crippen MR) is 71.1 cm³/mol. The van der Waals surface area contributed by atoms with E-state index in [4.69, 9.17) is 9.47 Å². The largest absolute Gasteiger partial charge is 0.497 e. The molecule has 0 spiro atoms. The number of ether oxygens (including phenoxy) is 2. The summed E-state index contributed by atoms with van der Waals surface area (Å²) in [4.78, 5) is 12.3. The van der Waals surface area contributed by atoms with Crippen molar-refractivity contribution in [3.05, 3.63) is 53.8 Å². The zero-order chi connectivity index (χ0) is 13.9. The topological polar surface area (TPSA) is 55.8 Å². The first kappa shape index (κ1) is 13.4. The lowest BCUT2D eigenvalue weighted by Crippen LogP contribution is -2.37. The molecule has 0 saturated heterocycles. The normalized spacial score (nSPS) is 21.7. The van der Waals surface area contributed by atoms with Gasteiger partial charge < -0.3 is 14.6 Å². The van der Waals surface area contributed by atoms with Gasteiger partial charge in [0.25, 0.3) is 0 Å². The zero-order valence-electron chi connectivity index (χ0n) is 10.9. The lowest BCUT2D eigenvalue weighted by atomic mass is 9.86. The van der Waals surface area contributed by atoms with Crippen LogP contribution in [-0.4, -0.2) is 30.7 Å². The molecule has 19 heavy (non-hydrogen) atoms. The fourth-order valence-electron chi connectivity index (χ4n) is 1.92. The SMILES string of the molecule is COC1=CCC(O)(C(=O)c2ccc(OC)cc2)C=C1. The lowest BCUT2D eigenvalue weighted by Gasteiger charge is -2.24. The molecule has 2 rings (SSSR count). The van der Waals surface area contributed by atoms with Crippen molar-refractivity contribution in [1.82, 2.24) is 0 Å². The third-order valence-corrected chi connectivity index (χ3v) is 3.12. The quantitative estimate of drug-likeness (QED) is 0.842. The summed E-state index contributed by atoms with van der Waals surface area (Å²) >= 11 is 0. The van der Waals surface area contributed by atoms with Crippen molar-refractivity contribution >= 4 is 5.78 Å². The molecule has 1 N–H and O–H groups in total. The Morgan fingerprint density at radius 1 is 1.21 bits per heavy atom. The highest BCUT2D eigenvalue weighted by atomic mass is 16.5. The van der Waals surface area contributed by atoms with Crippen molar-refractivity contribution in [3.8, 4) is 5.75 Å². The molecule has 1 aromatic rings. The lowest BCUT2D eigenvalue weighted by molar-refractivity contribution is 0.0526. The van der Waals surface area contributed by atoms with Crippen LogP contribution in [0.5, 0.6) is 5.75 Å². The molecular formula is C15H16O4. The number of hydrogen-bond acceptors (Lipinski definition) is 4. The van der Waals surface area contributed by atoms with Crippen LogP contribution in [0.3, 0.4) is 0 Å². The van der Waals surface area contributed by atoms with Crippen LogP contribution in [0.4, 0.5) is 0 Å².